The first kappa shape index (κ1) is 22.1. The van der Waals surface area contributed by atoms with Gasteiger partial charge in [-0.05, 0) is 51.5 Å². The molecule has 0 aliphatic carbocycles. The van der Waals surface area contributed by atoms with Gasteiger partial charge in [-0.2, -0.15) is 5.10 Å². The molecule has 0 saturated heterocycles. The van der Waals surface area contributed by atoms with Gasteiger partial charge in [-0.15, -0.1) is 0 Å². The zero-order valence-electron chi connectivity index (χ0n) is 18.0. The number of halogens is 1. The van der Waals surface area contributed by atoms with Crippen molar-refractivity contribution in [3.05, 3.63) is 70.4 Å². The number of hydrogen-bond acceptors (Lipinski definition) is 4. The SMILES string of the molecule is COc1cccc(-c2c(C)c(COC(C)(C)C(C)=O)nn2Cc2ccccc2Cl)c1. The highest BCUT2D eigenvalue weighted by atomic mass is 35.5. The molecule has 0 atom stereocenters. The van der Waals surface area contributed by atoms with Crippen molar-refractivity contribution in [2.45, 2.75) is 46.4 Å². The lowest BCUT2D eigenvalue weighted by Crippen LogP contribution is -2.32. The topological polar surface area (TPSA) is 53.4 Å². The number of nitrogens with zero attached hydrogens (tertiary/aromatic N) is 2. The number of carbonyl (C=O) groups excluding carboxylic acids is 1. The smallest absolute Gasteiger partial charge is 0.161 e. The number of Topliss-reactive ketones (excluding diaryl/α,β-unsaturated/α-hetero) is 1. The van der Waals surface area contributed by atoms with Gasteiger partial charge < -0.3 is 9.47 Å². The van der Waals surface area contributed by atoms with Crippen LogP contribution in [0.1, 0.15) is 37.6 Å². The molecule has 0 spiro atoms. The summed E-state index contributed by atoms with van der Waals surface area (Å²) >= 11 is 6.40. The summed E-state index contributed by atoms with van der Waals surface area (Å²) in [5.74, 6) is 0.747. The van der Waals surface area contributed by atoms with Gasteiger partial charge >= 0.3 is 0 Å². The lowest BCUT2D eigenvalue weighted by molar-refractivity contribution is -0.139. The van der Waals surface area contributed by atoms with E-state index in [9.17, 15) is 4.79 Å². The Balaban J connectivity index is 2.04. The predicted octanol–water partition coefficient (Wildman–Crippen LogP) is 5.45. The second-order valence-corrected chi connectivity index (χ2v) is 8.16. The minimum Gasteiger partial charge on any atom is -0.497 e. The molecule has 0 aliphatic rings. The molecule has 0 aliphatic heterocycles. The van der Waals surface area contributed by atoms with E-state index in [1.165, 1.54) is 6.92 Å². The Bertz CT molecular complexity index is 1060. The molecular formula is C24H27ClN2O3. The lowest BCUT2D eigenvalue weighted by atomic mass is 10.0. The van der Waals surface area contributed by atoms with Gasteiger partial charge in [0.05, 0.1) is 31.6 Å². The highest BCUT2D eigenvalue weighted by Gasteiger charge is 2.26. The number of rotatable bonds is 8. The molecule has 0 bridgehead atoms. The van der Waals surface area contributed by atoms with Gasteiger partial charge in [0.15, 0.2) is 5.78 Å². The van der Waals surface area contributed by atoms with Gasteiger partial charge in [0.25, 0.3) is 0 Å². The Kier molecular flexibility index (Phi) is 6.64. The molecule has 0 fully saturated rings. The largest absolute Gasteiger partial charge is 0.497 e. The standard InChI is InChI=1S/C24H27ClN2O3/c1-16-22(15-30-24(3,4)17(2)28)26-27(14-19-9-6-7-12-21(19)25)23(16)18-10-8-11-20(13-18)29-5/h6-13H,14-15H2,1-5H3. The van der Waals surface area contributed by atoms with Gasteiger partial charge in [0.1, 0.15) is 11.4 Å². The molecule has 2 aromatic carbocycles. The fourth-order valence-corrected chi connectivity index (χ4v) is 3.32. The van der Waals surface area contributed by atoms with Crippen LogP contribution in [0.15, 0.2) is 48.5 Å². The first-order chi connectivity index (χ1) is 14.2. The van der Waals surface area contributed by atoms with E-state index in [0.29, 0.717) is 11.6 Å². The second kappa shape index (κ2) is 9.02. The zero-order valence-corrected chi connectivity index (χ0v) is 18.8. The van der Waals surface area contributed by atoms with E-state index < -0.39 is 5.60 Å². The monoisotopic (exact) mass is 426 g/mol. The van der Waals surface area contributed by atoms with Crippen LogP contribution < -0.4 is 4.74 Å². The third kappa shape index (κ3) is 4.74. The van der Waals surface area contributed by atoms with Crippen molar-refractivity contribution in [2.75, 3.05) is 7.11 Å². The van der Waals surface area contributed by atoms with Crippen LogP contribution in [-0.2, 0) is 22.7 Å². The van der Waals surface area contributed by atoms with Crippen molar-refractivity contribution >= 4 is 17.4 Å². The molecule has 0 amide bonds. The summed E-state index contributed by atoms with van der Waals surface area (Å²) in [7, 11) is 1.65. The van der Waals surface area contributed by atoms with Crippen molar-refractivity contribution in [2.24, 2.45) is 0 Å². The lowest BCUT2D eigenvalue weighted by Gasteiger charge is -2.21. The van der Waals surface area contributed by atoms with Crippen molar-refractivity contribution in [1.29, 1.82) is 0 Å². The summed E-state index contributed by atoms with van der Waals surface area (Å²) < 4.78 is 13.2. The van der Waals surface area contributed by atoms with Crippen molar-refractivity contribution in [3.63, 3.8) is 0 Å². The van der Waals surface area contributed by atoms with Gasteiger partial charge in [-0.1, -0.05) is 41.9 Å². The quantitative estimate of drug-likeness (QED) is 0.480. The zero-order chi connectivity index (χ0) is 21.9. The number of benzene rings is 2. The Morgan fingerprint density at radius 1 is 1.17 bits per heavy atom. The second-order valence-electron chi connectivity index (χ2n) is 7.76. The molecule has 1 aromatic heterocycles. The van der Waals surface area contributed by atoms with Crippen molar-refractivity contribution in [1.82, 2.24) is 9.78 Å². The molecule has 158 valence electrons. The average Bonchev–Trinajstić information content (AvgIpc) is 3.03. The van der Waals surface area contributed by atoms with Crippen LogP contribution in [0.5, 0.6) is 5.75 Å². The summed E-state index contributed by atoms with van der Waals surface area (Å²) in [6, 6.07) is 15.6. The summed E-state index contributed by atoms with van der Waals surface area (Å²) in [6.07, 6.45) is 0. The highest BCUT2D eigenvalue weighted by molar-refractivity contribution is 6.31. The van der Waals surface area contributed by atoms with Crippen LogP contribution >= 0.6 is 11.6 Å². The van der Waals surface area contributed by atoms with Crippen LogP contribution in [0, 0.1) is 6.92 Å². The molecule has 0 unspecified atom stereocenters. The maximum absolute atomic E-state index is 11.8. The molecule has 6 heteroatoms. The summed E-state index contributed by atoms with van der Waals surface area (Å²) in [6.45, 7) is 7.85. The molecule has 1 heterocycles. The number of aromatic nitrogens is 2. The number of methoxy groups -OCH3 is 1. The number of ketones is 1. The molecular weight excluding hydrogens is 400 g/mol. The maximum Gasteiger partial charge on any atom is 0.161 e. The minimum atomic E-state index is -0.866. The van der Waals surface area contributed by atoms with Crippen molar-refractivity contribution in [3.8, 4) is 17.0 Å². The van der Waals surface area contributed by atoms with E-state index in [1.54, 1.807) is 21.0 Å². The Hall–Kier alpha value is -2.63. The number of ether oxygens (including phenoxy) is 2. The van der Waals surface area contributed by atoms with Gasteiger partial charge in [0.2, 0.25) is 0 Å². The first-order valence-electron chi connectivity index (χ1n) is 9.82. The Morgan fingerprint density at radius 2 is 1.90 bits per heavy atom. The van der Waals surface area contributed by atoms with E-state index >= 15 is 0 Å². The molecule has 5 nitrogen and oxygen atoms in total. The number of hydrogen-bond donors (Lipinski definition) is 0. The summed E-state index contributed by atoms with van der Waals surface area (Å²) in [5, 5.41) is 5.51. The number of carbonyl (C=O) groups is 1. The predicted molar refractivity (Wildman–Crippen MR) is 119 cm³/mol. The van der Waals surface area contributed by atoms with E-state index in [1.807, 2.05) is 60.1 Å². The summed E-state index contributed by atoms with van der Waals surface area (Å²) in [5.41, 5.74) is 3.84. The van der Waals surface area contributed by atoms with E-state index in [0.717, 1.165) is 33.8 Å². The fourth-order valence-electron chi connectivity index (χ4n) is 3.13. The van der Waals surface area contributed by atoms with Gasteiger partial charge in [-0.3, -0.25) is 9.48 Å². The average molecular weight is 427 g/mol. The summed E-state index contributed by atoms with van der Waals surface area (Å²) in [4.78, 5) is 11.8. The molecule has 30 heavy (non-hydrogen) atoms. The van der Waals surface area contributed by atoms with Crippen LogP contribution in [0.4, 0.5) is 0 Å². The van der Waals surface area contributed by atoms with Crippen LogP contribution in [0.25, 0.3) is 11.3 Å². The van der Waals surface area contributed by atoms with Gasteiger partial charge in [0, 0.05) is 16.1 Å². The van der Waals surface area contributed by atoms with Crippen LogP contribution in [0.2, 0.25) is 5.02 Å². The first-order valence-corrected chi connectivity index (χ1v) is 10.2. The van der Waals surface area contributed by atoms with E-state index in [2.05, 4.69) is 0 Å². The molecule has 3 aromatic rings. The van der Waals surface area contributed by atoms with Crippen molar-refractivity contribution < 1.29 is 14.3 Å². The minimum absolute atomic E-state index is 0.0244. The molecule has 0 saturated carbocycles. The Labute approximate surface area is 182 Å². The van der Waals surface area contributed by atoms with Crippen LogP contribution in [-0.4, -0.2) is 28.3 Å². The fraction of sp³-hybridized carbons (Fsp3) is 0.333. The third-order valence-corrected chi connectivity index (χ3v) is 5.70. The van der Waals surface area contributed by atoms with Crippen LogP contribution in [0.3, 0.4) is 0 Å². The normalized spacial score (nSPS) is 11.5. The van der Waals surface area contributed by atoms with E-state index in [4.69, 9.17) is 26.2 Å². The van der Waals surface area contributed by atoms with Gasteiger partial charge in [-0.25, -0.2) is 0 Å². The maximum atomic E-state index is 11.8. The van der Waals surface area contributed by atoms with E-state index in [-0.39, 0.29) is 12.4 Å². The highest BCUT2D eigenvalue weighted by Crippen LogP contribution is 2.31. The molecule has 0 radical (unpaired) electrons. The molecule has 0 N–H and O–H groups in total. The molecule has 3 rings (SSSR count). The third-order valence-electron chi connectivity index (χ3n) is 5.33. The Morgan fingerprint density at radius 3 is 2.57 bits per heavy atom.